The Morgan fingerprint density at radius 2 is 2.00 bits per heavy atom. The third-order valence-corrected chi connectivity index (χ3v) is 3.73. The van der Waals surface area contributed by atoms with E-state index < -0.39 is 0 Å². The molecule has 0 aromatic heterocycles. The maximum atomic E-state index is 5.50. The van der Waals surface area contributed by atoms with Gasteiger partial charge in [-0.3, -0.25) is 0 Å². The number of nitrogens with one attached hydrogen (secondary N) is 1. The molecule has 0 amide bonds. The second kappa shape index (κ2) is 6.21. The zero-order valence-corrected chi connectivity index (χ0v) is 11.6. The topological polar surface area (TPSA) is 24.5 Å². The molecule has 3 heteroatoms. The predicted octanol–water partition coefficient (Wildman–Crippen LogP) is 2.09. The quantitative estimate of drug-likeness (QED) is 0.883. The normalized spacial score (nSPS) is 24.2. The molecule has 100 valence electrons. The molecule has 1 aromatic rings. The van der Waals surface area contributed by atoms with Gasteiger partial charge in [0.05, 0.1) is 6.61 Å². The molecule has 0 aliphatic carbocycles. The van der Waals surface area contributed by atoms with Crippen molar-refractivity contribution in [2.45, 2.75) is 25.3 Å². The molecule has 1 fully saturated rings. The summed E-state index contributed by atoms with van der Waals surface area (Å²) in [6.07, 6.45) is 1.21. The molecule has 3 nitrogen and oxygen atoms in total. The highest BCUT2D eigenvalue weighted by Crippen LogP contribution is 2.28. The van der Waals surface area contributed by atoms with E-state index in [1.54, 1.807) is 0 Å². The molecule has 18 heavy (non-hydrogen) atoms. The Labute approximate surface area is 110 Å². The molecule has 1 heterocycles. The number of benzene rings is 1. The third-order valence-electron chi connectivity index (χ3n) is 3.73. The minimum Gasteiger partial charge on any atom is -0.494 e. The van der Waals surface area contributed by atoms with E-state index in [4.69, 9.17) is 4.74 Å². The van der Waals surface area contributed by atoms with E-state index in [0.29, 0.717) is 12.0 Å². The molecule has 2 rings (SSSR count). The molecule has 0 radical (unpaired) electrons. The Morgan fingerprint density at radius 1 is 1.28 bits per heavy atom. The van der Waals surface area contributed by atoms with E-state index in [0.717, 1.165) is 25.4 Å². The third kappa shape index (κ3) is 3.03. The Hall–Kier alpha value is -1.06. The Bertz CT molecular complexity index is 361. The van der Waals surface area contributed by atoms with Crippen molar-refractivity contribution in [3.8, 4) is 5.75 Å². The van der Waals surface area contributed by atoms with Crippen LogP contribution in [0.3, 0.4) is 0 Å². The Balaban J connectivity index is 2.12. The summed E-state index contributed by atoms with van der Waals surface area (Å²) in [5.41, 5.74) is 1.41. The van der Waals surface area contributed by atoms with Crippen LogP contribution in [0.4, 0.5) is 0 Å². The number of nitrogens with zero attached hydrogens (tertiary/aromatic N) is 1. The first-order valence-electron chi connectivity index (χ1n) is 6.82. The van der Waals surface area contributed by atoms with Gasteiger partial charge in [0.25, 0.3) is 0 Å². The smallest absolute Gasteiger partial charge is 0.119 e. The fourth-order valence-electron chi connectivity index (χ4n) is 2.78. The van der Waals surface area contributed by atoms with Crippen molar-refractivity contribution in [1.82, 2.24) is 10.2 Å². The predicted molar refractivity (Wildman–Crippen MR) is 75.3 cm³/mol. The van der Waals surface area contributed by atoms with Crippen LogP contribution in [0.1, 0.15) is 24.8 Å². The van der Waals surface area contributed by atoms with Gasteiger partial charge in [-0.15, -0.1) is 0 Å². The molecule has 1 aromatic carbocycles. The van der Waals surface area contributed by atoms with Crippen LogP contribution in [0.5, 0.6) is 5.75 Å². The first kappa shape index (κ1) is 13.4. The number of rotatable bonds is 4. The molecular formula is C15H24N2O. The van der Waals surface area contributed by atoms with Gasteiger partial charge in [0.2, 0.25) is 0 Å². The minimum atomic E-state index is 0.574. The second-order valence-corrected chi connectivity index (χ2v) is 5.13. The highest BCUT2D eigenvalue weighted by molar-refractivity contribution is 5.31. The van der Waals surface area contributed by atoms with Crippen molar-refractivity contribution < 1.29 is 4.74 Å². The zero-order chi connectivity index (χ0) is 13.0. The maximum absolute atomic E-state index is 5.50. The number of ether oxygens (including phenoxy) is 1. The van der Waals surface area contributed by atoms with Gasteiger partial charge in [0.1, 0.15) is 5.75 Å². The molecule has 0 spiro atoms. The van der Waals surface area contributed by atoms with Crippen molar-refractivity contribution in [3.05, 3.63) is 29.8 Å². The Kier molecular flexibility index (Phi) is 4.61. The lowest BCUT2D eigenvalue weighted by atomic mass is 9.86. The van der Waals surface area contributed by atoms with Gasteiger partial charge in [-0.2, -0.15) is 0 Å². The summed E-state index contributed by atoms with van der Waals surface area (Å²) < 4.78 is 5.50. The Morgan fingerprint density at radius 3 is 2.61 bits per heavy atom. The molecule has 1 aliphatic rings. The summed E-state index contributed by atoms with van der Waals surface area (Å²) in [6.45, 7) is 4.93. The number of likely N-dealkylation sites (N-methyl/N-ethyl adjacent to an activating group) is 1. The zero-order valence-electron chi connectivity index (χ0n) is 11.6. The minimum absolute atomic E-state index is 0.574. The molecule has 1 aliphatic heterocycles. The van der Waals surface area contributed by atoms with Crippen molar-refractivity contribution in [2.75, 3.05) is 33.8 Å². The fourth-order valence-corrected chi connectivity index (χ4v) is 2.78. The summed E-state index contributed by atoms with van der Waals surface area (Å²) in [7, 11) is 4.36. The van der Waals surface area contributed by atoms with Crippen LogP contribution < -0.4 is 10.1 Å². The first-order valence-corrected chi connectivity index (χ1v) is 6.82. The van der Waals surface area contributed by atoms with E-state index >= 15 is 0 Å². The summed E-state index contributed by atoms with van der Waals surface area (Å²) in [5.74, 6) is 1.54. The summed E-state index contributed by atoms with van der Waals surface area (Å²) in [5, 5.41) is 3.50. The average Bonchev–Trinajstić information content (AvgIpc) is 2.40. The average molecular weight is 248 g/mol. The summed E-state index contributed by atoms with van der Waals surface area (Å²) in [4.78, 5) is 2.35. The number of piperidine rings is 1. The van der Waals surface area contributed by atoms with Crippen LogP contribution >= 0.6 is 0 Å². The van der Waals surface area contributed by atoms with Crippen LogP contribution in [0.2, 0.25) is 0 Å². The summed E-state index contributed by atoms with van der Waals surface area (Å²) in [6, 6.07) is 9.21. The van der Waals surface area contributed by atoms with E-state index in [-0.39, 0.29) is 0 Å². The van der Waals surface area contributed by atoms with Gasteiger partial charge in [-0.05, 0) is 51.7 Å². The molecule has 1 N–H and O–H groups in total. The second-order valence-electron chi connectivity index (χ2n) is 5.13. The van der Waals surface area contributed by atoms with E-state index in [9.17, 15) is 0 Å². The lowest BCUT2D eigenvalue weighted by Crippen LogP contribution is -2.45. The molecule has 2 atom stereocenters. The summed E-state index contributed by atoms with van der Waals surface area (Å²) >= 11 is 0. The van der Waals surface area contributed by atoms with Crippen LogP contribution in [-0.4, -0.2) is 44.7 Å². The maximum Gasteiger partial charge on any atom is 0.119 e. The monoisotopic (exact) mass is 248 g/mol. The van der Waals surface area contributed by atoms with Crippen LogP contribution in [0, 0.1) is 0 Å². The van der Waals surface area contributed by atoms with Gasteiger partial charge in [0.15, 0.2) is 0 Å². The highest BCUT2D eigenvalue weighted by Gasteiger charge is 2.27. The van der Waals surface area contributed by atoms with Crippen molar-refractivity contribution in [3.63, 3.8) is 0 Å². The lowest BCUT2D eigenvalue weighted by molar-refractivity contribution is 0.209. The van der Waals surface area contributed by atoms with Crippen LogP contribution in [0.25, 0.3) is 0 Å². The standard InChI is InChI=1S/C15H24N2O/c1-4-18-13-7-5-12(6-8-13)14-11-16-10-9-15(14)17(2)3/h5-8,14-16H,4,9-11H2,1-3H3. The fraction of sp³-hybridized carbons (Fsp3) is 0.600. The first-order chi connectivity index (χ1) is 8.72. The highest BCUT2D eigenvalue weighted by atomic mass is 16.5. The van der Waals surface area contributed by atoms with Crippen molar-refractivity contribution in [1.29, 1.82) is 0 Å². The van der Waals surface area contributed by atoms with Crippen molar-refractivity contribution >= 4 is 0 Å². The van der Waals surface area contributed by atoms with Gasteiger partial charge >= 0.3 is 0 Å². The van der Waals surface area contributed by atoms with E-state index in [1.807, 2.05) is 6.92 Å². The molecule has 2 unspecified atom stereocenters. The van der Waals surface area contributed by atoms with Gasteiger partial charge in [-0.25, -0.2) is 0 Å². The van der Waals surface area contributed by atoms with Crippen LogP contribution in [0.15, 0.2) is 24.3 Å². The largest absolute Gasteiger partial charge is 0.494 e. The van der Waals surface area contributed by atoms with Crippen molar-refractivity contribution in [2.24, 2.45) is 0 Å². The van der Waals surface area contributed by atoms with E-state index in [2.05, 4.69) is 48.6 Å². The lowest BCUT2D eigenvalue weighted by Gasteiger charge is -2.37. The molecule has 0 saturated carbocycles. The van der Waals surface area contributed by atoms with E-state index in [1.165, 1.54) is 12.0 Å². The number of hydrogen-bond donors (Lipinski definition) is 1. The van der Waals surface area contributed by atoms with Gasteiger partial charge in [0, 0.05) is 18.5 Å². The molecule has 1 saturated heterocycles. The number of hydrogen-bond acceptors (Lipinski definition) is 3. The molecular weight excluding hydrogens is 224 g/mol. The SMILES string of the molecule is CCOc1ccc(C2CNCCC2N(C)C)cc1. The van der Waals surface area contributed by atoms with Gasteiger partial charge in [-0.1, -0.05) is 12.1 Å². The van der Waals surface area contributed by atoms with Gasteiger partial charge < -0.3 is 15.0 Å². The van der Waals surface area contributed by atoms with Crippen LogP contribution in [-0.2, 0) is 0 Å². The molecule has 0 bridgehead atoms.